The van der Waals surface area contributed by atoms with Crippen molar-refractivity contribution in [2.24, 2.45) is 0 Å². The predicted octanol–water partition coefficient (Wildman–Crippen LogP) is 1.42. The Kier molecular flexibility index (Phi) is 4.87. The van der Waals surface area contributed by atoms with Crippen LogP contribution in [0.5, 0.6) is 0 Å². The summed E-state index contributed by atoms with van der Waals surface area (Å²) in [4.78, 5) is 42.1. The van der Waals surface area contributed by atoms with E-state index in [2.05, 4.69) is 4.84 Å². The van der Waals surface area contributed by atoms with Crippen molar-refractivity contribution >= 4 is 17.8 Å². The smallest absolute Gasteiger partial charge is 0.326 e. The minimum absolute atomic E-state index is 0.138. The average molecular weight is 308 g/mol. The van der Waals surface area contributed by atoms with E-state index in [4.69, 9.17) is 0 Å². The van der Waals surface area contributed by atoms with E-state index in [0.717, 1.165) is 0 Å². The fourth-order valence-electron chi connectivity index (χ4n) is 2.18. The zero-order valence-corrected chi connectivity index (χ0v) is 12.4. The molecule has 0 saturated heterocycles. The Morgan fingerprint density at radius 3 is 2.14 bits per heavy atom. The fraction of sp³-hybridized carbons (Fsp3) is 0.400. The van der Waals surface area contributed by atoms with Gasteiger partial charge in [-0.15, -0.1) is 0 Å². The number of amides is 2. The highest BCUT2D eigenvalue weighted by Crippen LogP contribution is 2.23. The van der Waals surface area contributed by atoms with Crippen LogP contribution in [0.4, 0.5) is 4.39 Å². The topological polar surface area (TPSA) is 66.9 Å². The molecule has 6 nitrogen and oxygen atoms in total. The second-order valence-electron chi connectivity index (χ2n) is 4.81. The van der Waals surface area contributed by atoms with Crippen molar-refractivity contribution in [2.45, 2.75) is 20.0 Å². The molecule has 1 unspecified atom stereocenters. The molecule has 1 aliphatic rings. The van der Waals surface area contributed by atoms with Gasteiger partial charge in [0.05, 0.1) is 11.1 Å². The maximum absolute atomic E-state index is 13.9. The number of carbonyl (C=O) groups excluding carboxylic acids is 3. The second kappa shape index (κ2) is 6.65. The van der Waals surface area contributed by atoms with Crippen molar-refractivity contribution in [3.05, 3.63) is 35.4 Å². The maximum atomic E-state index is 13.9. The molecule has 1 aromatic carbocycles. The van der Waals surface area contributed by atoms with Gasteiger partial charge in [-0.1, -0.05) is 31.0 Å². The van der Waals surface area contributed by atoms with Crippen molar-refractivity contribution in [1.29, 1.82) is 0 Å². The summed E-state index contributed by atoms with van der Waals surface area (Å²) in [5, 5.41) is 0.321. The van der Waals surface area contributed by atoms with Crippen LogP contribution in [-0.4, -0.2) is 53.6 Å². The Morgan fingerprint density at radius 1 is 1.18 bits per heavy atom. The van der Waals surface area contributed by atoms with Crippen molar-refractivity contribution in [3.63, 3.8) is 0 Å². The van der Waals surface area contributed by atoms with Gasteiger partial charge in [0.25, 0.3) is 11.8 Å². The highest BCUT2D eigenvalue weighted by molar-refractivity contribution is 6.20. The maximum Gasteiger partial charge on any atom is 0.368 e. The van der Waals surface area contributed by atoms with Crippen LogP contribution in [0.3, 0.4) is 0 Å². The summed E-state index contributed by atoms with van der Waals surface area (Å²) in [5.41, 5.74) is 0.277. The van der Waals surface area contributed by atoms with Crippen molar-refractivity contribution in [1.82, 2.24) is 9.96 Å². The summed E-state index contributed by atoms with van der Waals surface area (Å²) in [6, 6.07) is 6.08. The largest absolute Gasteiger partial charge is 0.368 e. The highest BCUT2D eigenvalue weighted by Gasteiger charge is 2.39. The lowest BCUT2D eigenvalue weighted by Crippen LogP contribution is -2.40. The Hall–Kier alpha value is -2.28. The molecule has 0 radical (unpaired) electrons. The molecule has 0 bridgehead atoms. The first-order valence-corrected chi connectivity index (χ1v) is 7.05. The van der Waals surface area contributed by atoms with Crippen LogP contribution in [0.25, 0.3) is 0 Å². The monoisotopic (exact) mass is 308 g/mol. The van der Waals surface area contributed by atoms with Crippen LogP contribution < -0.4 is 0 Å². The number of hydrogen-bond donors (Lipinski definition) is 0. The van der Waals surface area contributed by atoms with E-state index < -0.39 is 24.0 Å². The number of fused-ring (bicyclic) bond motifs is 1. The van der Waals surface area contributed by atoms with E-state index in [-0.39, 0.29) is 17.7 Å². The van der Waals surface area contributed by atoms with Gasteiger partial charge >= 0.3 is 5.97 Å². The zero-order chi connectivity index (χ0) is 16.3. The van der Waals surface area contributed by atoms with Gasteiger partial charge in [-0.2, -0.15) is 0 Å². The van der Waals surface area contributed by atoms with E-state index in [1.165, 1.54) is 12.1 Å². The van der Waals surface area contributed by atoms with E-state index in [1.54, 1.807) is 17.0 Å². The van der Waals surface area contributed by atoms with Crippen molar-refractivity contribution in [3.8, 4) is 0 Å². The molecule has 0 aromatic heterocycles. The number of halogens is 1. The third kappa shape index (κ3) is 2.99. The number of benzene rings is 1. The first-order valence-electron chi connectivity index (χ1n) is 7.05. The third-order valence-electron chi connectivity index (χ3n) is 3.51. The SMILES string of the molecule is CCN(CC)CC(F)C(=O)ON1C(=O)c2ccccc2C1=O. The molecule has 1 aromatic rings. The van der Waals surface area contributed by atoms with Crippen LogP contribution in [0, 0.1) is 0 Å². The van der Waals surface area contributed by atoms with E-state index >= 15 is 0 Å². The minimum Gasteiger partial charge on any atom is -0.326 e. The lowest BCUT2D eigenvalue weighted by Gasteiger charge is -2.20. The molecule has 0 N–H and O–H groups in total. The summed E-state index contributed by atoms with van der Waals surface area (Å²) < 4.78 is 13.9. The number of nitrogens with zero attached hydrogens (tertiary/aromatic N) is 2. The Balaban J connectivity index is 2.04. The lowest BCUT2D eigenvalue weighted by molar-refractivity contribution is -0.175. The molecule has 1 aliphatic heterocycles. The third-order valence-corrected chi connectivity index (χ3v) is 3.51. The van der Waals surface area contributed by atoms with Crippen molar-refractivity contribution in [2.75, 3.05) is 19.6 Å². The number of rotatable bonds is 6. The second-order valence-corrected chi connectivity index (χ2v) is 4.81. The number of imide groups is 1. The Labute approximate surface area is 127 Å². The number of hydroxylamine groups is 2. The minimum atomic E-state index is -1.93. The van der Waals surface area contributed by atoms with Gasteiger partial charge in [0.1, 0.15) is 0 Å². The molecular formula is C15H17FN2O4. The molecule has 2 rings (SSSR count). The molecule has 0 fully saturated rings. The molecule has 1 atom stereocenters. The van der Waals surface area contributed by atoms with E-state index in [1.807, 2.05) is 13.8 Å². The zero-order valence-electron chi connectivity index (χ0n) is 12.4. The first-order chi connectivity index (χ1) is 10.5. The number of carbonyl (C=O) groups is 3. The quantitative estimate of drug-likeness (QED) is 0.744. The molecule has 0 spiro atoms. The number of hydrogen-bond acceptors (Lipinski definition) is 5. The van der Waals surface area contributed by atoms with Crippen LogP contribution >= 0.6 is 0 Å². The van der Waals surface area contributed by atoms with Gasteiger partial charge in [0, 0.05) is 6.54 Å². The average Bonchev–Trinajstić information content (AvgIpc) is 2.77. The molecule has 0 aliphatic carbocycles. The van der Waals surface area contributed by atoms with Gasteiger partial charge in [-0.05, 0) is 25.2 Å². The lowest BCUT2D eigenvalue weighted by atomic mass is 10.1. The molecule has 118 valence electrons. The molecule has 7 heteroatoms. The normalized spacial score (nSPS) is 15.2. The predicted molar refractivity (Wildman–Crippen MR) is 75.7 cm³/mol. The summed E-state index contributed by atoms with van der Waals surface area (Å²) in [5.74, 6) is -2.77. The van der Waals surface area contributed by atoms with Crippen LogP contribution in [0.15, 0.2) is 24.3 Å². The molecule has 0 saturated carbocycles. The van der Waals surface area contributed by atoms with Gasteiger partial charge in [-0.3, -0.25) is 9.59 Å². The molecule has 1 heterocycles. The molecule has 22 heavy (non-hydrogen) atoms. The molecule has 2 amide bonds. The first kappa shape index (κ1) is 16.1. The summed E-state index contributed by atoms with van der Waals surface area (Å²) in [6.07, 6.45) is -1.93. The molecular weight excluding hydrogens is 291 g/mol. The van der Waals surface area contributed by atoms with Gasteiger partial charge < -0.3 is 9.74 Å². The van der Waals surface area contributed by atoms with Crippen molar-refractivity contribution < 1.29 is 23.6 Å². The van der Waals surface area contributed by atoms with Gasteiger partial charge in [-0.25, -0.2) is 9.18 Å². The van der Waals surface area contributed by atoms with Crippen LogP contribution in [-0.2, 0) is 9.63 Å². The summed E-state index contributed by atoms with van der Waals surface area (Å²) in [7, 11) is 0. The standard InChI is InChI=1S/C15H17FN2O4/c1-3-17(4-2)9-12(16)15(21)22-18-13(19)10-7-5-6-8-11(10)14(18)20/h5-8,12H,3-4,9H2,1-2H3. The van der Waals surface area contributed by atoms with Gasteiger partial charge in [0.15, 0.2) is 0 Å². The highest BCUT2D eigenvalue weighted by atomic mass is 19.1. The number of alkyl halides is 1. The Morgan fingerprint density at radius 2 is 1.68 bits per heavy atom. The fourth-order valence-corrected chi connectivity index (χ4v) is 2.18. The van der Waals surface area contributed by atoms with Gasteiger partial charge in [0.2, 0.25) is 6.17 Å². The van der Waals surface area contributed by atoms with E-state index in [9.17, 15) is 18.8 Å². The Bertz CT molecular complexity index is 566. The summed E-state index contributed by atoms with van der Waals surface area (Å²) >= 11 is 0. The van der Waals surface area contributed by atoms with E-state index in [0.29, 0.717) is 18.2 Å². The van der Waals surface area contributed by atoms with Crippen LogP contribution in [0.1, 0.15) is 34.6 Å². The summed E-state index contributed by atoms with van der Waals surface area (Å²) in [6.45, 7) is 4.70. The van der Waals surface area contributed by atoms with Crippen LogP contribution in [0.2, 0.25) is 0 Å².